The minimum Gasteiger partial charge on any atom is -0.471 e. The van der Waals surface area contributed by atoms with E-state index in [0.29, 0.717) is 0 Å². The van der Waals surface area contributed by atoms with Gasteiger partial charge in [0.2, 0.25) is 0 Å². The van der Waals surface area contributed by atoms with E-state index in [1.807, 2.05) is 95.7 Å². The topological polar surface area (TPSA) is 34.0 Å². The van der Waals surface area contributed by atoms with Crippen LogP contribution in [0.1, 0.15) is 0 Å². The molecule has 6 rings (SSSR count). The van der Waals surface area contributed by atoms with Gasteiger partial charge in [0.25, 0.3) is 0 Å². The van der Waals surface area contributed by atoms with Crippen LogP contribution < -0.4 is 4.90 Å². The number of hydrogen-bond donors (Lipinski definition) is 0. The van der Waals surface area contributed by atoms with Gasteiger partial charge in [-0.25, -0.2) is 9.97 Å². The largest absolute Gasteiger partial charge is 2.00 e. The number of thiazole rings is 1. The third-order valence-electron chi connectivity index (χ3n) is 5.30. The summed E-state index contributed by atoms with van der Waals surface area (Å²) < 4.78 is 3.08. The number of para-hydroxylation sites is 2. The maximum Gasteiger partial charge on any atom is 2.00 e. The molecule has 0 atom stereocenters. The van der Waals surface area contributed by atoms with Crippen molar-refractivity contribution in [1.82, 2.24) is 14.5 Å². The van der Waals surface area contributed by atoms with Crippen molar-refractivity contribution in [3.63, 3.8) is 0 Å². The second-order valence-electron chi connectivity index (χ2n) is 7.47. The van der Waals surface area contributed by atoms with Crippen molar-refractivity contribution in [3.8, 4) is 16.4 Å². The number of benzene rings is 3. The summed E-state index contributed by atoms with van der Waals surface area (Å²) >= 11 is 1.66. The van der Waals surface area contributed by atoms with Gasteiger partial charge >= 0.3 is 21.1 Å². The summed E-state index contributed by atoms with van der Waals surface area (Å²) in [4.78, 5) is 11.9. The minimum absolute atomic E-state index is 0. The molecule has 4 nitrogen and oxygen atoms in total. The maximum absolute atomic E-state index is 5.02. The van der Waals surface area contributed by atoms with Gasteiger partial charge in [-0.15, -0.1) is 29.7 Å². The van der Waals surface area contributed by atoms with Crippen molar-refractivity contribution >= 4 is 38.7 Å². The van der Waals surface area contributed by atoms with Gasteiger partial charge in [0.05, 0.1) is 10.2 Å². The van der Waals surface area contributed by atoms with Crippen LogP contribution in [-0.4, -0.2) is 14.5 Å². The first-order chi connectivity index (χ1) is 16.3. The van der Waals surface area contributed by atoms with Crippen molar-refractivity contribution < 1.29 is 21.1 Å². The van der Waals surface area contributed by atoms with Gasteiger partial charge in [0.15, 0.2) is 0 Å². The molecule has 0 aliphatic carbocycles. The van der Waals surface area contributed by atoms with Gasteiger partial charge in [-0.05, 0) is 36.4 Å². The zero-order chi connectivity index (χ0) is 22.0. The zero-order valence-electron chi connectivity index (χ0n) is 17.9. The van der Waals surface area contributed by atoms with E-state index in [0.717, 1.165) is 43.8 Å². The Kier molecular flexibility index (Phi) is 6.39. The van der Waals surface area contributed by atoms with E-state index >= 15 is 0 Å². The Morgan fingerprint density at radius 1 is 0.765 bits per heavy atom. The number of nitrogens with zero attached hydrogens (tertiary/aromatic N) is 4. The molecule has 0 unspecified atom stereocenters. The SMILES string of the molecule is [Pt+2].[c-]1c(N(c2ccccc2)c2cccc(-c3nc4ccccc4s3)n2)cccc1-n1[c-]ccc1. The van der Waals surface area contributed by atoms with Gasteiger partial charge in [0.1, 0.15) is 16.5 Å². The molecular weight excluding hydrogens is 619 g/mol. The van der Waals surface area contributed by atoms with Crippen LogP contribution in [0.3, 0.4) is 0 Å². The van der Waals surface area contributed by atoms with E-state index in [-0.39, 0.29) is 21.1 Å². The van der Waals surface area contributed by atoms with Gasteiger partial charge in [-0.3, -0.25) is 0 Å². The van der Waals surface area contributed by atoms with Gasteiger partial charge in [0, 0.05) is 5.69 Å². The first-order valence-corrected chi connectivity index (χ1v) is 11.4. The van der Waals surface area contributed by atoms with Crippen LogP contribution in [0, 0.1) is 12.3 Å². The summed E-state index contributed by atoms with van der Waals surface area (Å²) in [6.07, 6.45) is 5.15. The summed E-state index contributed by atoms with van der Waals surface area (Å²) in [5, 5.41) is 0.908. The van der Waals surface area contributed by atoms with Crippen molar-refractivity contribution in [3.05, 3.63) is 122 Å². The van der Waals surface area contributed by atoms with E-state index in [1.165, 1.54) is 0 Å². The van der Waals surface area contributed by atoms with Gasteiger partial charge in [-0.2, -0.15) is 30.0 Å². The van der Waals surface area contributed by atoms with Crippen LogP contribution in [-0.2, 0) is 21.1 Å². The summed E-state index contributed by atoms with van der Waals surface area (Å²) in [5.41, 5.74) is 4.67. The summed E-state index contributed by atoms with van der Waals surface area (Å²) in [6, 6.07) is 37.9. The average Bonchev–Trinajstić information content (AvgIpc) is 3.56. The summed E-state index contributed by atoms with van der Waals surface area (Å²) in [6.45, 7) is 0. The molecule has 0 N–H and O–H groups in total. The molecule has 6 aromatic rings. The van der Waals surface area contributed by atoms with Crippen LogP contribution in [0.4, 0.5) is 17.2 Å². The number of anilines is 3. The van der Waals surface area contributed by atoms with E-state index in [1.54, 1.807) is 11.3 Å². The maximum atomic E-state index is 5.02. The molecule has 0 bridgehead atoms. The molecule has 0 aliphatic rings. The molecule has 3 aromatic carbocycles. The Morgan fingerprint density at radius 3 is 2.41 bits per heavy atom. The number of hydrogen-bond acceptors (Lipinski definition) is 4. The van der Waals surface area contributed by atoms with Crippen LogP contribution >= 0.6 is 11.3 Å². The molecule has 0 radical (unpaired) electrons. The summed E-state index contributed by atoms with van der Waals surface area (Å²) in [5.74, 6) is 0.808. The Morgan fingerprint density at radius 2 is 1.59 bits per heavy atom. The van der Waals surface area contributed by atoms with Crippen molar-refractivity contribution in [2.75, 3.05) is 4.90 Å². The summed E-state index contributed by atoms with van der Waals surface area (Å²) in [7, 11) is 0. The first-order valence-electron chi connectivity index (χ1n) is 10.6. The Balaban J connectivity index is 0.00000241. The van der Waals surface area contributed by atoms with E-state index in [2.05, 4.69) is 35.4 Å². The van der Waals surface area contributed by atoms with Crippen molar-refractivity contribution in [2.45, 2.75) is 0 Å². The molecule has 34 heavy (non-hydrogen) atoms. The quantitative estimate of drug-likeness (QED) is 0.187. The third kappa shape index (κ3) is 4.33. The molecule has 166 valence electrons. The second kappa shape index (κ2) is 9.76. The molecule has 0 amide bonds. The first kappa shape index (κ1) is 22.3. The van der Waals surface area contributed by atoms with Crippen molar-refractivity contribution in [2.24, 2.45) is 0 Å². The molecule has 0 aliphatic heterocycles. The van der Waals surface area contributed by atoms with E-state index in [9.17, 15) is 0 Å². The van der Waals surface area contributed by atoms with Crippen LogP contribution in [0.15, 0.2) is 109 Å². The normalized spacial score (nSPS) is 10.7. The Hall–Kier alpha value is -3.53. The third-order valence-corrected chi connectivity index (χ3v) is 6.36. The van der Waals surface area contributed by atoms with Gasteiger partial charge in [-0.1, -0.05) is 48.3 Å². The number of rotatable bonds is 5. The second-order valence-corrected chi connectivity index (χ2v) is 8.50. The number of aromatic nitrogens is 3. The predicted molar refractivity (Wildman–Crippen MR) is 135 cm³/mol. The fourth-order valence-electron chi connectivity index (χ4n) is 3.78. The molecule has 0 fully saturated rings. The van der Waals surface area contributed by atoms with Crippen LogP contribution in [0.5, 0.6) is 0 Å². The molecular formula is C28H18N4PtS. The fourth-order valence-corrected chi connectivity index (χ4v) is 4.72. The molecule has 0 spiro atoms. The molecule has 3 aromatic heterocycles. The van der Waals surface area contributed by atoms with Crippen LogP contribution in [0.25, 0.3) is 26.6 Å². The molecule has 6 heteroatoms. The Labute approximate surface area is 216 Å². The minimum atomic E-state index is 0. The van der Waals surface area contributed by atoms with Gasteiger partial charge < -0.3 is 9.47 Å². The molecule has 3 heterocycles. The van der Waals surface area contributed by atoms with E-state index in [4.69, 9.17) is 9.97 Å². The average molecular weight is 638 g/mol. The standard InChI is InChI=1S/C28H18N4S.Pt/c1-2-10-21(11-3-1)32(23-13-8-12-22(20-23)31-18-6-7-19-31)27-17-9-15-25(29-27)28-30-24-14-4-5-16-26(24)33-28;/h1-18H;/q-2;+2. The van der Waals surface area contributed by atoms with E-state index < -0.39 is 0 Å². The number of fused-ring (bicyclic) bond motifs is 1. The molecule has 0 saturated heterocycles. The smallest absolute Gasteiger partial charge is 0.471 e. The predicted octanol–water partition coefficient (Wildman–Crippen LogP) is 7.22. The monoisotopic (exact) mass is 637 g/mol. The molecule has 0 saturated carbocycles. The zero-order valence-corrected chi connectivity index (χ0v) is 21.0. The van der Waals surface area contributed by atoms with Crippen LogP contribution in [0.2, 0.25) is 0 Å². The van der Waals surface area contributed by atoms with Crippen molar-refractivity contribution in [1.29, 1.82) is 0 Å². The fraction of sp³-hybridized carbons (Fsp3) is 0. The Bertz CT molecular complexity index is 1490. The number of pyridine rings is 1.